The summed E-state index contributed by atoms with van der Waals surface area (Å²) in [4.78, 5) is 43.8. The molecule has 0 spiro atoms. The van der Waals surface area contributed by atoms with E-state index in [0.717, 1.165) is 11.1 Å². The first-order valence-electron chi connectivity index (χ1n) is 14.0. The largest absolute Gasteiger partial charge is 0.497 e. The molecule has 1 unspecified atom stereocenters. The van der Waals surface area contributed by atoms with Gasteiger partial charge in [0.1, 0.15) is 11.8 Å². The van der Waals surface area contributed by atoms with Crippen LogP contribution < -0.4 is 15.4 Å². The lowest BCUT2D eigenvalue weighted by Crippen LogP contribution is -2.62. The molecule has 0 aliphatic carbocycles. The van der Waals surface area contributed by atoms with Crippen molar-refractivity contribution in [3.8, 4) is 5.75 Å². The molecule has 0 bridgehead atoms. The van der Waals surface area contributed by atoms with Gasteiger partial charge in [-0.05, 0) is 35.4 Å². The van der Waals surface area contributed by atoms with E-state index in [1.54, 1.807) is 65.4 Å². The molecule has 8 heteroatoms. The Morgan fingerprint density at radius 2 is 1.43 bits per heavy atom. The number of rotatable bonds is 8. The van der Waals surface area contributed by atoms with Crippen molar-refractivity contribution in [3.05, 3.63) is 132 Å². The second-order valence-corrected chi connectivity index (χ2v) is 10.1. The third-order valence-corrected chi connectivity index (χ3v) is 7.46. The average Bonchev–Trinajstić information content (AvgIpc) is 3.05. The molecule has 1 fully saturated rings. The number of nitrogens with zero attached hydrogens (tertiary/aromatic N) is 2. The lowest BCUT2D eigenvalue weighted by Gasteiger charge is -2.40. The molecule has 0 radical (unpaired) electrons. The molecule has 1 aliphatic rings. The van der Waals surface area contributed by atoms with Crippen molar-refractivity contribution in [1.82, 2.24) is 15.1 Å². The maximum absolute atomic E-state index is 13.8. The number of hydrogen-bond acceptors (Lipinski definition) is 4. The molecule has 5 rings (SSSR count). The number of ether oxygens (including phenoxy) is 1. The Bertz CT molecular complexity index is 1460. The zero-order valence-electron chi connectivity index (χ0n) is 23.5. The number of hydrogen-bond donors (Lipinski definition) is 2. The van der Waals surface area contributed by atoms with Gasteiger partial charge in [-0.25, -0.2) is 4.79 Å². The number of carbonyl (C=O) groups excluding carboxylic acids is 3. The summed E-state index contributed by atoms with van der Waals surface area (Å²) in [6.07, 6.45) is 0. The summed E-state index contributed by atoms with van der Waals surface area (Å²) in [6, 6.07) is 34.8. The fourth-order valence-corrected chi connectivity index (χ4v) is 5.20. The molecule has 1 aliphatic heterocycles. The fourth-order valence-electron chi connectivity index (χ4n) is 5.20. The van der Waals surface area contributed by atoms with Crippen LogP contribution >= 0.6 is 0 Å². The van der Waals surface area contributed by atoms with Crippen LogP contribution in [0.15, 0.2) is 115 Å². The summed E-state index contributed by atoms with van der Waals surface area (Å²) in [5, 5.41) is 5.99. The summed E-state index contributed by atoms with van der Waals surface area (Å²) in [5.41, 5.74) is 3.22. The van der Waals surface area contributed by atoms with Crippen LogP contribution in [0.4, 0.5) is 10.5 Å². The molecule has 1 saturated heterocycles. The Kier molecular flexibility index (Phi) is 9.13. The van der Waals surface area contributed by atoms with Gasteiger partial charge >= 0.3 is 6.03 Å². The number of amides is 4. The van der Waals surface area contributed by atoms with E-state index in [2.05, 4.69) is 10.6 Å². The van der Waals surface area contributed by atoms with Crippen LogP contribution in [0.1, 0.15) is 27.4 Å². The predicted molar refractivity (Wildman–Crippen MR) is 163 cm³/mol. The van der Waals surface area contributed by atoms with Crippen LogP contribution in [0.2, 0.25) is 0 Å². The highest BCUT2D eigenvalue weighted by atomic mass is 16.5. The zero-order chi connectivity index (χ0) is 29.3. The number of piperazine rings is 1. The Balaban J connectivity index is 1.35. The maximum Gasteiger partial charge on any atom is 0.321 e. The topological polar surface area (TPSA) is 91.0 Å². The first-order valence-corrected chi connectivity index (χ1v) is 14.0. The number of benzene rings is 4. The van der Waals surface area contributed by atoms with Gasteiger partial charge in [0.05, 0.1) is 13.7 Å². The first-order chi connectivity index (χ1) is 20.5. The summed E-state index contributed by atoms with van der Waals surface area (Å²) in [6.45, 7) is 0.904. The van der Waals surface area contributed by atoms with E-state index in [9.17, 15) is 14.4 Å². The van der Waals surface area contributed by atoms with Crippen molar-refractivity contribution in [2.45, 2.75) is 12.0 Å². The highest BCUT2D eigenvalue weighted by molar-refractivity contribution is 5.98. The predicted octanol–water partition coefficient (Wildman–Crippen LogP) is 5.00. The first kappa shape index (κ1) is 28.4. The molecular formula is C34H34N4O4. The van der Waals surface area contributed by atoms with Crippen molar-refractivity contribution in [3.63, 3.8) is 0 Å². The number of anilines is 1. The number of nitrogens with one attached hydrogen (secondary N) is 2. The van der Waals surface area contributed by atoms with Crippen LogP contribution in [0, 0.1) is 0 Å². The smallest absolute Gasteiger partial charge is 0.321 e. The molecule has 4 aromatic rings. The van der Waals surface area contributed by atoms with Crippen molar-refractivity contribution < 1.29 is 19.1 Å². The molecule has 0 aromatic heterocycles. The minimum absolute atomic E-state index is 0.0571. The van der Waals surface area contributed by atoms with Gasteiger partial charge < -0.3 is 25.2 Å². The molecule has 8 nitrogen and oxygen atoms in total. The summed E-state index contributed by atoms with van der Waals surface area (Å²) in [5.74, 6) is -0.0123. The van der Waals surface area contributed by atoms with Crippen LogP contribution in [0.25, 0.3) is 0 Å². The second-order valence-electron chi connectivity index (χ2n) is 10.1. The van der Waals surface area contributed by atoms with Gasteiger partial charge in [-0.2, -0.15) is 0 Å². The molecule has 2 N–H and O–H groups in total. The van der Waals surface area contributed by atoms with E-state index in [-0.39, 0.29) is 43.4 Å². The fraction of sp³-hybridized carbons (Fsp3) is 0.206. The molecule has 42 heavy (non-hydrogen) atoms. The van der Waals surface area contributed by atoms with Crippen molar-refractivity contribution in [2.24, 2.45) is 0 Å². The highest BCUT2D eigenvalue weighted by Gasteiger charge is 2.37. The lowest BCUT2D eigenvalue weighted by atomic mass is 9.91. The van der Waals surface area contributed by atoms with Crippen LogP contribution in [-0.4, -0.2) is 67.0 Å². The SMILES string of the molecule is COc1cccc(NC(=O)N2CCN(C(=O)c3ccccc3)C(C(=O)NCC(c3ccccc3)c3ccccc3)C2)c1. The minimum atomic E-state index is -0.866. The van der Waals surface area contributed by atoms with E-state index < -0.39 is 6.04 Å². The molecule has 4 aromatic carbocycles. The molecule has 4 amide bonds. The number of methoxy groups -OCH3 is 1. The lowest BCUT2D eigenvalue weighted by molar-refractivity contribution is -0.127. The Labute approximate surface area is 245 Å². The van der Waals surface area contributed by atoms with E-state index >= 15 is 0 Å². The normalized spacial score (nSPS) is 14.8. The molecular weight excluding hydrogens is 528 g/mol. The third kappa shape index (κ3) is 6.78. The zero-order valence-corrected chi connectivity index (χ0v) is 23.5. The monoisotopic (exact) mass is 562 g/mol. The van der Waals surface area contributed by atoms with Gasteiger partial charge in [-0.15, -0.1) is 0 Å². The van der Waals surface area contributed by atoms with Crippen molar-refractivity contribution in [1.29, 1.82) is 0 Å². The Hall–Kier alpha value is -5.11. The molecule has 214 valence electrons. The summed E-state index contributed by atoms with van der Waals surface area (Å²) in [7, 11) is 1.56. The molecule has 0 saturated carbocycles. The number of urea groups is 1. The van der Waals surface area contributed by atoms with Crippen molar-refractivity contribution >= 4 is 23.5 Å². The summed E-state index contributed by atoms with van der Waals surface area (Å²) >= 11 is 0. The van der Waals surface area contributed by atoms with Gasteiger partial charge in [-0.3, -0.25) is 9.59 Å². The Morgan fingerprint density at radius 3 is 2.05 bits per heavy atom. The van der Waals surface area contributed by atoms with Gasteiger partial charge in [0.15, 0.2) is 0 Å². The van der Waals surface area contributed by atoms with E-state index in [4.69, 9.17) is 4.74 Å². The van der Waals surface area contributed by atoms with Gasteiger partial charge in [0.2, 0.25) is 5.91 Å². The van der Waals surface area contributed by atoms with Crippen LogP contribution in [0.3, 0.4) is 0 Å². The van der Waals surface area contributed by atoms with Crippen molar-refractivity contribution in [2.75, 3.05) is 38.6 Å². The van der Waals surface area contributed by atoms with E-state index in [1.165, 1.54) is 0 Å². The third-order valence-electron chi connectivity index (χ3n) is 7.46. The molecule has 1 atom stereocenters. The summed E-state index contributed by atoms with van der Waals surface area (Å²) < 4.78 is 5.26. The minimum Gasteiger partial charge on any atom is -0.497 e. The molecule has 1 heterocycles. The van der Waals surface area contributed by atoms with Crippen LogP contribution in [-0.2, 0) is 4.79 Å². The van der Waals surface area contributed by atoms with Gasteiger partial charge in [-0.1, -0.05) is 84.9 Å². The Morgan fingerprint density at radius 1 is 0.810 bits per heavy atom. The van der Waals surface area contributed by atoms with Crippen LogP contribution in [0.5, 0.6) is 5.75 Å². The standard InChI is InChI=1S/C34H34N4O4/c1-42-29-19-11-18-28(22-29)36-34(41)37-20-21-38(33(40)27-16-9-4-10-17-27)31(24-37)32(39)35-23-30(25-12-5-2-6-13-25)26-14-7-3-8-15-26/h2-19,22,30-31H,20-21,23-24H2,1H3,(H,35,39)(H,36,41). The quantitative estimate of drug-likeness (QED) is 0.316. The average molecular weight is 563 g/mol. The second kappa shape index (κ2) is 13.5. The highest BCUT2D eigenvalue weighted by Crippen LogP contribution is 2.24. The van der Waals surface area contributed by atoms with E-state index in [1.807, 2.05) is 66.7 Å². The van der Waals surface area contributed by atoms with Gasteiger partial charge in [0, 0.05) is 42.9 Å². The maximum atomic E-state index is 13.8. The van der Waals surface area contributed by atoms with Gasteiger partial charge in [0.25, 0.3) is 5.91 Å². The van der Waals surface area contributed by atoms with E-state index in [0.29, 0.717) is 23.5 Å². The number of carbonyl (C=O) groups is 3.